The highest BCUT2D eigenvalue weighted by Crippen LogP contribution is 2.18. The molecule has 1 amide bonds. The van der Waals surface area contributed by atoms with E-state index >= 15 is 0 Å². The number of unbranched alkanes of at least 4 members (excludes halogenated alkanes) is 1. The van der Waals surface area contributed by atoms with E-state index in [9.17, 15) is 9.90 Å². The zero-order chi connectivity index (χ0) is 16.7. The second-order valence-electron chi connectivity index (χ2n) is 6.28. The normalized spacial score (nSPS) is 21.0. The molecular formula is C17H26ClN3O2. The van der Waals surface area contributed by atoms with Crippen LogP contribution < -0.4 is 10.2 Å². The van der Waals surface area contributed by atoms with Gasteiger partial charge in [-0.25, -0.2) is 4.98 Å². The van der Waals surface area contributed by atoms with Gasteiger partial charge in [0.25, 0.3) is 0 Å². The predicted octanol–water partition coefficient (Wildman–Crippen LogP) is 2.76. The third kappa shape index (κ3) is 6.36. The first-order valence-electron chi connectivity index (χ1n) is 8.34. The fourth-order valence-corrected chi connectivity index (χ4v) is 3.03. The fraction of sp³-hybridized carbons (Fsp3) is 0.647. The molecule has 0 radical (unpaired) electrons. The number of aliphatic hydroxyl groups is 1. The van der Waals surface area contributed by atoms with Crippen LogP contribution in [0.5, 0.6) is 0 Å². The van der Waals surface area contributed by atoms with Gasteiger partial charge in [0.2, 0.25) is 5.91 Å². The van der Waals surface area contributed by atoms with Crippen LogP contribution in [-0.2, 0) is 4.79 Å². The van der Waals surface area contributed by atoms with Crippen molar-refractivity contribution in [2.24, 2.45) is 0 Å². The Labute approximate surface area is 143 Å². The molecule has 1 aromatic rings. The number of hydrogen-bond donors (Lipinski definition) is 2. The zero-order valence-corrected chi connectivity index (χ0v) is 14.4. The molecule has 0 saturated heterocycles. The standard InChI is InChI=1S/C17H26ClN3O2/c1-21(16-12-13(18)9-10-19-16)11-3-2-4-17(23)20-14-5-7-15(22)8-6-14/h9-10,12,14-15,22H,2-8,11H2,1H3,(H,20,23). The second kappa shape index (κ2) is 9.08. The van der Waals surface area contributed by atoms with Crippen molar-refractivity contribution in [3.63, 3.8) is 0 Å². The zero-order valence-electron chi connectivity index (χ0n) is 13.7. The Morgan fingerprint density at radius 2 is 2.13 bits per heavy atom. The number of hydrogen-bond acceptors (Lipinski definition) is 4. The van der Waals surface area contributed by atoms with Crippen LogP contribution in [0.1, 0.15) is 44.9 Å². The smallest absolute Gasteiger partial charge is 0.220 e. The average Bonchev–Trinajstić information content (AvgIpc) is 2.53. The van der Waals surface area contributed by atoms with E-state index in [0.29, 0.717) is 11.4 Å². The maximum absolute atomic E-state index is 11.9. The Kier molecular flexibility index (Phi) is 7.12. The number of aromatic nitrogens is 1. The van der Waals surface area contributed by atoms with Gasteiger partial charge in [-0.15, -0.1) is 0 Å². The van der Waals surface area contributed by atoms with Crippen LogP contribution in [-0.4, -0.2) is 41.7 Å². The molecule has 1 fully saturated rings. The highest BCUT2D eigenvalue weighted by Gasteiger charge is 2.20. The van der Waals surface area contributed by atoms with Crippen molar-refractivity contribution in [3.8, 4) is 0 Å². The first kappa shape index (κ1) is 18.0. The van der Waals surface area contributed by atoms with Gasteiger partial charge in [-0.2, -0.15) is 0 Å². The molecule has 0 bridgehead atoms. The molecule has 6 heteroatoms. The lowest BCUT2D eigenvalue weighted by Crippen LogP contribution is -2.38. The number of carbonyl (C=O) groups is 1. The van der Waals surface area contributed by atoms with Crippen LogP contribution in [0.4, 0.5) is 5.82 Å². The predicted molar refractivity (Wildman–Crippen MR) is 92.8 cm³/mol. The van der Waals surface area contributed by atoms with Gasteiger partial charge in [0.15, 0.2) is 0 Å². The average molecular weight is 340 g/mol. The Hall–Kier alpha value is -1.33. The molecule has 23 heavy (non-hydrogen) atoms. The summed E-state index contributed by atoms with van der Waals surface area (Å²) in [5.41, 5.74) is 0. The Morgan fingerprint density at radius 3 is 2.83 bits per heavy atom. The lowest BCUT2D eigenvalue weighted by atomic mass is 9.93. The first-order chi connectivity index (χ1) is 11.0. The van der Waals surface area contributed by atoms with Crippen molar-refractivity contribution in [2.75, 3.05) is 18.5 Å². The highest BCUT2D eigenvalue weighted by molar-refractivity contribution is 6.30. The number of nitrogens with one attached hydrogen (secondary N) is 1. The topological polar surface area (TPSA) is 65.5 Å². The molecule has 5 nitrogen and oxygen atoms in total. The van der Waals surface area contributed by atoms with E-state index in [2.05, 4.69) is 10.3 Å². The summed E-state index contributed by atoms with van der Waals surface area (Å²) in [7, 11) is 1.98. The van der Waals surface area contributed by atoms with Crippen LogP contribution in [0.15, 0.2) is 18.3 Å². The number of pyridine rings is 1. The number of amides is 1. The number of halogens is 1. The quantitative estimate of drug-likeness (QED) is 0.750. The van der Waals surface area contributed by atoms with E-state index in [-0.39, 0.29) is 18.1 Å². The van der Waals surface area contributed by atoms with Gasteiger partial charge in [-0.1, -0.05) is 11.6 Å². The number of aliphatic hydroxyl groups excluding tert-OH is 1. The summed E-state index contributed by atoms with van der Waals surface area (Å²) in [6, 6.07) is 3.84. The van der Waals surface area contributed by atoms with Crippen molar-refractivity contribution in [2.45, 2.75) is 57.1 Å². The van der Waals surface area contributed by atoms with Gasteiger partial charge in [-0.3, -0.25) is 4.79 Å². The molecule has 1 aliphatic rings. The summed E-state index contributed by atoms with van der Waals surface area (Å²) in [6.45, 7) is 0.843. The molecule has 1 aliphatic carbocycles. The van der Waals surface area contributed by atoms with Crippen molar-refractivity contribution in [1.29, 1.82) is 0 Å². The van der Waals surface area contributed by atoms with E-state index in [4.69, 9.17) is 11.6 Å². The third-order valence-electron chi connectivity index (χ3n) is 4.31. The third-order valence-corrected chi connectivity index (χ3v) is 4.54. The molecular weight excluding hydrogens is 314 g/mol. The number of carbonyl (C=O) groups excluding carboxylic acids is 1. The van der Waals surface area contributed by atoms with Crippen LogP contribution in [0.25, 0.3) is 0 Å². The second-order valence-corrected chi connectivity index (χ2v) is 6.72. The van der Waals surface area contributed by atoms with Crippen LogP contribution in [0, 0.1) is 0 Å². The van der Waals surface area contributed by atoms with E-state index in [1.54, 1.807) is 12.3 Å². The van der Waals surface area contributed by atoms with Gasteiger partial charge >= 0.3 is 0 Å². The largest absolute Gasteiger partial charge is 0.393 e. The molecule has 2 N–H and O–H groups in total. The molecule has 0 spiro atoms. The van der Waals surface area contributed by atoms with Gasteiger partial charge in [0, 0.05) is 37.3 Å². The molecule has 0 aromatic carbocycles. The summed E-state index contributed by atoms with van der Waals surface area (Å²) in [5, 5.41) is 13.2. The van der Waals surface area contributed by atoms with Crippen LogP contribution in [0.3, 0.4) is 0 Å². The Morgan fingerprint density at radius 1 is 1.39 bits per heavy atom. The molecule has 1 aromatic heterocycles. The van der Waals surface area contributed by atoms with E-state index < -0.39 is 0 Å². The molecule has 128 valence electrons. The Bertz CT molecular complexity index is 504. The van der Waals surface area contributed by atoms with E-state index in [0.717, 1.165) is 50.9 Å². The summed E-state index contributed by atoms with van der Waals surface area (Å²) >= 11 is 5.96. The first-order valence-corrected chi connectivity index (χ1v) is 8.72. The van der Waals surface area contributed by atoms with Crippen molar-refractivity contribution in [1.82, 2.24) is 10.3 Å². The number of nitrogens with zero attached hydrogens (tertiary/aromatic N) is 2. The van der Waals surface area contributed by atoms with Crippen molar-refractivity contribution < 1.29 is 9.90 Å². The number of rotatable bonds is 7. The Balaban J connectivity index is 1.60. The van der Waals surface area contributed by atoms with E-state index in [1.807, 2.05) is 18.0 Å². The fourth-order valence-electron chi connectivity index (χ4n) is 2.87. The summed E-state index contributed by atoms with van der Waals surface area (Å²) < 4.78 is 0. The van der Waals surface area contributed by atoms with Gasteiger partial charge in [0.1, 0.15) is 5.82 Å². The van der Waals surface area contributed by atoms with Gasteiger partial charge < -0.3 is 15.3 Å². The maximum Gasteiger partial charge on any atom is 0.220 e. The minimum atomic E-state index is -0.182. The highest BCUT2D eigenvalue weighted by atomic mass is 35.5. The lowest BCUT2D eigenvalue weighted by Gasteiger charge is -2.26. The van der Waals surface area contributed by atoms with E-state index in [1.165, 1.54) is 0 Å². The SMILES string of the molecule is CN(CCCCC(=O)NC1CCC(O)CC1)c1cc(Cl)ccn1. The summed E-state index contributed by atoms with van der Waals surface area (Å²) in [4.78, 5) is 18.3. The van der Waals surface area contributed by atoms with Gasteiger partial charge in [-0.05, 0) is 50.7 Å². The molecule has 0 unspecified atom stereocenters. The molecule has 1 heterocycles. The summed E-state index contributed by atoms with van der Waals surface area (Å²) in [6.07, 6.45) is 7.21. The summed E-state index contributed by atoms with van der Waals surface area (Å²) in [5.74, 6) is 0.970. The van der Waals surface area contributed by atoms with Crippen molar-refractivity contribution >= 4 is 23.3 Å². The minimum absolute atomic E-state index is 0.120. The monoisotopic (exact) mass is 339 g/mol. The number of anilines is 1. The maximum atomic E-state index is 11.9. The molecule has 0 aliphatic heterocycles. The van der Waals surface area contributed by atoms with Gasteiger partial charge in [0.05, 0.1) is 6.10 Å². The van der Waals surface area contributed by atoms with Crippen LogP contribution in [0.2, 0.25) is 5.02 Å². The lowest BCUT2D eigenvalue weighted by molar-refractivity contribution is -0.122. The molecule has 2 rings (SSSR count). The minimum Gasteiger partial charge on any atom is -0.393 e. The molecule has 1 saturated carbocycles. The van der Waals surface area contributed by atoms with Crippen molar-refractivity contribution in [3.05, 3.63) is 23.4 Å². The molecule has 0 atom stereocenters. The van der Waals surface area contributed by atoms with Crippen LogP contribution >= 0.6 is 11.6 Å².